The number of amides is 1. The van der Waals surface area contributed by atoms with Crippen LogP contribution >= 0.6 is 0 Å². The van der Waals surface area contributed by atoms with E-state index in [1.54, 1.807) is 6.92 Å². The molecule has 1 saturated carbocycles. The highest BCUT2D eigenvalue weighted by Gasteiger charge is 2.25. The predicted octanol–water partition coefficient (Wildman–Crippen LogP) is 7.10. The van der Waals surface area contributed by atoms with Gasteiger partial charge in [0.2, 0.25) is 5.91 Å². The van der Waals surface area contributed by atoms with E-state index in [1.807, 2.05) is 0 Å². The molecule has 0 heterocycles. The Hall–Kier alpha value is -1.06. The number of esters is 1. The molecule has 30 heavy (non-hydrogen) atoms. The zero-order valence-electron chi connectivity index (χ0n) is 20.0. The summed E-state index contributed by atoms with van der Waals surface area (Å²) in [6.45, 7) is 4.47. The van der Waals surface area contributed by atoms with E-state index in [0.29, 0.717) is 6.61 Å². The monoisotopic (exact) mass is 423 g/mol. The van der Waals surface area contributed by atoms with Crippen molar-refractivity contribution in [3.05, 3.63) is 0 Å². The number of nitrogens with one attached hydrogen (secondary N) is 1. The first kappa shape index (κ1) is 27.0. The average molecular weight is 424 g/mol. The molecule has 0 aromatic carbocycles. The van der Waals surface area contributed by atoms with Crippen molar-refractivity contribution in [2.24, 2.45) is 5.92 Å². The maximum absolute atomic E-state index is 12.1. The Labute approximate surface area is 186 Å². The quantitative estimate of drug-likeness (QED) is 0.178. The van der Waals surface area contributed by atoms with Gasteiger partial charge in [-0.3, -0.25) is 4.79 Å². The van der Waals surface area contributed by atoms with Crippen LogP contribution in [0.25, 0.3) is 0 Å². The third kappa shape index (κ3) is 14.0. The highest BCUT2D eigenvalue weighted by Crippen LogP contribution is 2.24. The molecule has 1 N–H and O–H groups in total. The lowest BCUT2D eigenvalue weighted by atomic mass is 10.0. The maximum atomic E-state index is 12.1. The molecule has 1 amide bonds. The Morgan fingerprint density at radius 3 is 1.67 bits per heavy atom. The van der Waals surface area contributed by atoms with Gasteiger partial charge in [-0.2, -0.15) is 0 Å². The topological polar surface area (TPSA) is 55.4 Å². The number of ether oxygens (including phenoxy) is 1. The lowest BCUT2D eigenvalue weighted by Crippen LogP contribution is -2.42. The van der Waals surface area contributed by atoms with Crippen LogP contribution in [0.4, 0.5) is 0 Å². The molecule has 4 nitrogen and oxygen atoms in total. The van der Waals surface area contributed by atoms with Gasteiger partial charge in [-0.15, -0.1) is 0 Å². The number of unbranched alkanes of at least 4 members (excludes halogenated alkanes) is 14. The largest absolute Gasteiger partial charge is 0.464 e. The van der Waals surface area contributed by atoms with Crippen molar-refractivity contribution in [1.29, 1.82) is 0 Å². The van der Waals surface area contributed by atoms with Crippen LogP contribution in [-0.4, -0.2) is 24.5 Å². The molecule has 1 rings (SSSR count). The van der Waals surface area contributed by atoms with E-state index in [2.05, 4.69) is 12.2 Å². The SMILES string of the molecule is CCCCCCCCCCCCCCCCCOC(=O)[C@H](C)NC(=O)C1CCCC1. The fraction of sp³-hybridized carbons (Fsp3) is 0.923. The molecule has 1 fully saturated rings. The van der Waals surface area contributed by atoms with Gasteiger partial charge in [-0.1, -0.05) is 110 Å². The van der Waals surface area contributed by atoms with Crippen LogP contribution < -0.4 is 5.32 Å². The van der Waals surface area contributed by atoms with Crippen LogP contribution in [0.15, 0.2) is 0 Å². The van der Waals surface area contributed by atoms with Crippen LogP contribution in [0.5, 0.6) is 0 Å². The van der Waals surface area contributed by atoms with Gasteiger partial charge < -0.3 is 10.1 Å². The van der Waals surface area contributed by atoms with Gasteiger partial charge in [-0.05, 0) is 26.2 Å². The van der Waals surface area contributed by atoms with Crippen molar-refractivity contribution >= 4 is 11.9 Å². The first-order chi connectivity index (χ1) is 14.6. The summed E-state index contributed by atoms with van der Waals surface area (Å²) >= 11 is 0. The Morgan fingerprint density at radius 1 is 0.767 bits per heavy atom. The van der Waals surface area contributed by atoms with E-state index in [4.69, 9.17) is 4.74 Å². The zero-order chi connectivity index (χ0) is 21.9. The van der Waals surface area contributed by atoms with E-state index in [0.717, 1.165) is 38.5 Å². The van der Waals surface area contributed by atoms with Crippen molar-refractivity contribution in [3.8, 4) is 0 Å². The molecule has 0 radical (unpaired) electrons. The summed E-state index contributed by atoms with van der Waals surface area (Å²) in [5, 5.41) is 2.81. The summed E-state index contributed by atoms with van der Waals surface area (Å²) < 4.78 is 5.33. The normalized spacial score (nSPS) is 15.3. The van der Waals surface area contributed by atoms with E-state index >= 15 is 0 Å². The van der Waals surface area contributed by atoms with E-state index in [9.17, 15) is 9.59 Å². The van der Waals surface area contributed by atoms with Crippen LogP contribution in [0.1, 0.15) is 136 Å². The summed E-state index contributed by atoms with van der Waals surface area (Å²) in [5.41, 5.74) is 0. The fourth-order valence-corrected chi connectivity index (χ4v) is 4.35. The Bertz CT molecular complexity index is 432. The smallest absolute Gasteiger partial charge is 0.328 e. The second kappa shape index (κ2) is 18.7. The first-order valence-corrected chi connectivity index (χ1v) is 13.1. The third-order valence-corrected chi connectivity index (χ3v) is 6.43. The van der Waals surface area contributed by atoms with Crippen molar-refractivity contribution < 1.29 is 14.3 Å². The number of hydrogen-bond acceptors (Lipinski definition) is 3. The molecule has 0 spiro atoms. The average Bonchev–Trinajstić information content (AvgIpc) is 3.28. The molecule has 1 aliphatic carbocycles. The lowest BCUT2D eigenvalue weighted by Gasteiger charge is -2.16. The number of hydrogen-bond donors (Lipinski definition) is 1. The van der Waals surface area contributed by atoms with E-state index in [-0.39, 0.29) is 17.8 Å². The fourth-order valence-electron chi connectivity index (χ4n) is 4.35. The first-order valence-electron chi connectivity index (χ1n) is 13.1. The second-order valence-corrected chi connectivity index (χ2v) is 9.33. The molecule has 0 bridgehead atoms. The number of carbonyl (C=O) groups is 2. The second-order valence-electron chi connectivity index (χ2n) is 9.33. The lowest BCUT2D eigenvalue weighted by molar-refractivity contribution is -0.147. The van der Waals surface area contributed by atoms with Crippen molar-refractivity contribution in [2.45, 2.75) is 142 Å². The van der Waals surface area contributed by atoms with Gasteiger partial charge in [0.15, 0.2) is 0 Å². The molecule has 4 heteroatoms. The molecule has 0 saturated heterocycles. The standard InChI is InChI=1S/C26H49NO3/c1-3-4-5-6-7-8-9-10-11-12-13-14-15-16-19-22-30-26(29)23(2)27-25(28)24-20-17-18-21-24/h23-24H,3-22H2,1-2H3,(H,27,28)/t23-/m0/s1. The van der Waals surface area contributed by atoms with Gasteiger partial charge in [0.1, 0.15) is 6.04 Å². The Balaban J connectivity index is 1.82. The summed E-state index contributed by atoms with van der Waals surface area (Å²) in [4.78, 5) is 24.1. The van der Waals surface area contributed by atoms with Gasteiger partial charge in [0.25, 0.3) is 0 Å². The number of carbonyl (C=O) groups excluding carboxylic acids is 2. The molecular weight excluding hydrogens is 374 g/mol. The van der Waals surface area contributed by atoms with E-state index in [1.165, 1.54) is 83.5 Å². The van der Waals surface area contributed by atoms with Gasteiger partial charge in [0.05, 0.1) is 6.61 Å². The maximum Gasteiger partial charge on any atom is 0.328 e. The molecule has 1 atom stereocenters. The summed E-state index contributed by atoms with van der Waals surface area (Å²) in [6.07, 6.45) is 24.0. The van der Waals surface area contributed by atoms with Gasteiger partial charge in [-0.25, -0.2) is 4.79 Å². The zero-order valence-corrected chi connectivity index (χ0v) is 20.0. The Morgan fingerprint density at radius 2 is 1.20 bits per heavy atom. The van der Waals surface area contributed by atoms with Crippen LogP contribution in [-0.2, 0) is 14.3 Å². The summed E-state index contributed by atoms with van der Waals surface area (Å²) in [7, 11) is 0. The molecule has 1 aliphatic rings. The van der Waals surface area contributed by atoms with Crippen LogP contribution in [0.3, 0.4) is 0 Å². The molecule has 0 aromatic heterocycles. The molecule has 0 unspecified atom stereocenters. The minimum Gasteiger partial charge on any atom is -0.464 e. The van der Waals surface area contributed by atoms with Crippen molar-refractivity contribution in [2.75, 3.05) is 6.61 Å². The molecular formula is C26H49NO3. The van der Waals surface area contributed by atoms with E-state index < -0.39 is 6.04 Å². The van der Waals surface area contributed by atoms with Gasteiger partial charge >= 0.3 is 5.97 Å². The summed E-state index contributed by atoms with van der Waals surface area (Å²) in [5.74, 6) is -0.188. The molecule has 176 valence electrons. The van der Waals surface area contributed by atoms with Crippen LogP contribution in [0.2, 0.25) is 0 Å². The molecule has 0 aromatic rings. The number of rotatable bonds is 19. The Kier molecular flexibility index (Phi) is 16.8. The highest BCUT2D eigenvalue weighted by atomic mass is 16.5. The minimum atomic E-state index is -0.533. The van der Waals surface area contributed by atoms with Crippen molar-refractivity contribution in [3.63, 3.8) is 0 Å². The molecule has 0 aliphatic heterocycles. The third-order valence-electron chi connectivity index (χ3n) is 6.43. The predicted molar refractivity (Wildman–Crippen MR) is 125 cm³/mol. The minimum absolute atomic E-state index is 0.0175. The van der Waals surface area contributed by atoms with Gasteiger partial charge in [0, 0.05) is 5.92 Å². The summed E-state index contributed by atoms with van der Waals surface area (Å²) in [6, 6.07) is -0.533. The highest BCUT2D eigenvalue weighted by molar-refractivity contribution is 5.85. The van der Waals surface area contributed by atoms with Crippen LogP contribution in [0, 0.1) is 5.92 Å². The van der Waals surface area contributed by atoms with Crippen molar-refractivity contribution in [1.82, 2.24) is 5.32 Å².